The van der Waals surface area contributed by atoms with Crippen LogP contribution in [0.15, 0.2) is 60.3 Å². The van der Waals surface area contributed by atoms with Crippen molar-refractivity contribution in [3.63, 3.8) is 0 Å². The number of aromatic nitrogens is 1. The summed E-state index contributed by atoms with van der Waals surface area (Å²) < 4.78 is 38.2. The molecule has 0 fully saturated rings. The van der Waals surface area contributed by atoms with E-state index in [1.54, 1.807) is 18.3 Å². The van der Waals surface area contributed by atoms with Gasteiger partial charge in [0.05, 0.1) is 17.8 Å². The minimum absolute atomic E-state index is 0.144. The Bertz CT molecular complexity index is 997. The highest BCUT2D eigenvalue weighted by molar-refractivity contribution is 5.84. The molecule has 1 atom stereocenters. The number of rotatable bonds is 4. The van der Waals surface area contributed by atoms with Crippen LogP contribution in [0.2, 0.25) is 0 Å². The van der Waals surface area contributed by atoms with Crippen LogP contribution in [-0.4, -0.2) is 23.6 Å². The Kier molecular flexibility index (Phi) is 5.10. The number of alkyl halides is 3. The van der Waals surface area contributed by atoms with Crippen molar-refractivity contribution in [1.82, 2.24) is 20.9 Å². The predicted molar refractivity (Wildman–Crippen MR) is 102 cm³/mol. The fourth-order valence-corrected chi connectivity index (χ4v) is 3.44. The lowest BCUT2D eigenvalue weighted by atomic mass is 10.0. The molecule has 1 amide bonds. The van der Waals surface area contributed by atoms with Gasteiger partial charge in [-0.25, -0.2) is 0 Å². The standard InChI is InChI=1S/C21H19F3N4O/c22-21(23,24)15-5-6-18(26-11-15)13-7-8-25-16(9-13)12-28-20(29)19-17-4-2-1-3-14(17)10-27-19/h1-9,19,26-27H,10-12H2,(H,28,29). The third kappa shape index (κ3) is 4.17. The third-order valence-electron chi connectivity index (χ3n) is 4.98. The van der Waals surface area contributed by atoms with Gasteiger partial charge in [0.1, 0.15) is 6.04 Å². The number of allylic oxidation sites excluding steroid dienone is 2. The number of nitrogens with one attached hydrogen (secondary N) is 3. The van der Waals surface area contributed by atoms with Crippen LogP contribution in [-0.2, 0) is 17.9 Å². The minimum Gasteiger partial charge on any atom is -0.380 e. The number of amides is 1. The van der Waals surface area contributed by atoms with E-state index >= 15 is 0 Å². The number of dihydropyridines is 1. The first-order valence-electron chi connectivity index (χ1n) is 9.18. The number of carbonyl (C=O) groups is 1. The summed E-state index contributed by atoms with van der Waals surface area (Å²) in [5.41, 5.74) is 3.37. The third-order valence-corrected chi connectivity index (χ3v) is 4.98. The average molecular weight is 400 g/mol. The number of nitrogens with zero attached hydrogens (tertiary/aromatic N) is 1. The maximum absolute atomic E-state index is 12.7. The molecular weight excluding hydrogens is 381 g/mol. The van der Waals surface area contributed by atoms with Gasteiger partial charge in [-0.3, -0.25) is 15.1 Å². The summed E-state index contributed by atoms with van der Waals surface area (Å²) in [6, 6.07) is 10.8. The molecule has 5 nitrogen and oxygen atoms in total. The molecule has 0 saturated heterocycles. The summed E-state index contributed by atoms with van der Waals surface area (Å²) in [6.45, 7) is 0.593. The van der Waals surface area contributed by atoms with Crippen LogP contribution in [0.25, 0.3) is 5.70 Å². The van der Waals surface area contributed by atoms with E-state index in [4.69, 9.17) is 0 Å². The zero-order valence-corrected chi connectivity index (χ0v) is 15.4. The van der Waals surface area contributed by atoms with E-state index in [1.165, 1.54) is 6.08 Å². The lowest BCUT2D eigenvalue weighted by Gasteiger charge is -2.19. The largest absolute Gasteiger partial charge is 0.414 e. The zero-order chi connectivity index (χ0) is 20.4. The zero-order valence-electron chi connectivity index (χ0n) is 15.4. The molecule has 0 spiro atoms. The van der Waals surface area contributed by atoms with Crippen molar-refractivity contribution in [1.29, 1.82) is 0 Å². The maximum atomic E-state index is 12.7. The molecule has 4 rings (SSSR count). The van der Waals surface area contributed by atoms with Crippen molar-refractivity contribution < 1.29 is 18.0 Å². The number of fused-ring (bicyclic) bond motifs is 1. The average Bonchev–Trinajstić information content (AvgIpc) is 3.16. The van der Waals surface area contributed by atoms with Gasteiger partial charge >= 0.3 is 6.18 Å². The highest BCUT2D eigenvalue weighted by atomic mass is 19.4. The first-order chi connectivity index (χ1) is 13.9. The molecule has 8 heteroatoms. The molecule has 0 bridgehead atoms. The molecule has 0 aliphatic carbocycles. The van der Waals surface area contributed by atoms with Gasteiger partial charge in [-0.05, 0) is 29.3 Å². The molecule has 3 heterocycles. The van der Waals surface area contributed by atoms with Crippen molar-refractivity contribution in [3.8, 4) is 0 Å². The molecule has 0 saturated carbocycles. The minimum atomic E-state index is -4.34. The number of benzene rings is 1. The van der Waals surface area contributed by atoms with E-state index < -0.39 is 17.8 Å². The summed E-state index contributed by atoms with van der Waals surface area (Å²) in [5, 5.41) is 8.85. The normalized spacial score (nSPS) is 18.4. The van der Waals surface area contributed by atoms with E-state index in [2.05, 4.69) is 20.9 Å². The maximum Gasteiger partial charge on any atom is 0.414 e. The van der Waals surface area contributed by atoms with E-state index in [-0.39, 0.29) is 19.0 Å². The predicted octanol–water partition coefficient (Wildman–Crippen LogP) is 2.98. The van der Waals surface area contributed by atoms with Gasteiger partial charge in [-0.2, -0.15) is 13.2 Å². The molecule has 0 radical (unpaired) electrons. The molecule has 150 valence electrons. The summed E-state index contributed by atoms with van der Waals surface area (Å²) in [6.07, 6.45) is -0.276. The van der Waals surface area contributed by atoms with E-state index in [0.29, 0.717) is 23.5 Å². The van der Waals surface area contributed by atoms with Gasteiger partial charge in [0.15, 0.2) is 0 Å². The first-order valence-corrected chi connectivity index (χ1v) is 9.18. The Morgan fingerprint density at radius 2 is 2.00 bits per heavy atom. The molecule has 2 aliphatic rings. The SMILES string of the molecule is O=C(NCc1cc(C2=CC=C(C(F)(F)F)CN2)ccn1)C1NCc2ccccc21. The fraction of sp³-hybridized carbons (Fsp3) is 0.238. The van der Waals surface area contributed by atoms with Gasteiger partial charge in [-0.1, -0.05) is 30.3 Å². The van der Waals surface area contributed by atoms with E-state index in [9.17, 15) is 18.0 Å². The molecule has 1 unspecified atom stereocenters. The topological polar surface area (TPSA) is 66.0 Å². The summed E-state index contributed by atoms with van der Waals surface area (Å²) in [7, 11) is 0. The van der Waals surface area contributed by atoms with E-state index in [1.807, 2.05) is 24.3 Å². The number of pyridine rings is 1. The van der Waals surface area contributed by atoms with Crippen LogP contribution >= 0.6 is 0 Å². The van der Waals surface area contributed by atoms with Crippen LogP contribution in [0.3, 0.4) is 0 Å². The molecule has 3 N–H and O–H groups in total. The van der Waals surface area contributed by atoms with Crippen molar-refractivity contribution in [2.75, 3.05) is 6.54 Å². The number of hydrogen-bond acceptors (Lipinski definition) is 4. The number of halogens is 3. The molecule has 2 aromatic rings. The Labute approximate surface area is 165 Å². The second kappa shape index (κ2) is 7.71. The Morgan fingerprint density at radius 1 is 1.17 bits per heavy atom. The van der Waals surface area contributed by atoms with Crippen molar-refractivity contribution >= 4 is 11.6 Å². The summed E-state index contributed by atoms with van der Waals surface area (Å²) in [4.78, 5) is 16.8. The van der Waals surface area contributed by atoms with Crippen molar-refractivity contribution in [2.45, 2.75) is 25.3 Å². The van der Waals surface area contributed by atoms with E-state index in [0.717, 1.165) is 17.2 Å². The van der Waals surface area contributed by atoms with Crippen LogP contribution in [0.1, 0.15) is 28.4 Å². The van der Waals surface area contributed by atoms with Gasteiger partial charge < -0.3 is 10.6 Å². The van der Waals surface area contributed by atoms with Gasteiger partial charge in [0, 0.05) is 30.5 Å². The quantitative estimate of drug-likeness (QED) is 0.738. The van der Waals surface area contributed by atoms with Crippen LogP contribution in [0.4, 0.5) is 13.2 Å². The van der Waals surface area contributed by atoms with Crippen LogP contribution in [0.5, 0.6) is 0 Å². The molecule has 1 aromatic heterocycles. The summed E-state index contributed by atoms with van der Waals surface area (Å²) in [5.74, 6) is -0.144. The van der Waals surface area contributed by atoms with Crippen molar-refractivity contribution in [2.24, 2.45) is 0 Å². The fourth-order valence-electron chi connectivity index (χ4n) is 3.44. The Morgan fingerprint density at radius 3 is 2.76 bits per heavy atom. The second-order valence-corrected chi connectivity index (χ2v) is 6.89. The highest BCUT2D eigenvalue weighted by Gasteiger charge is 2.34. The van der Waals surface area contributed by atoms with Crippen LogP contribution < -0.4 is 16.0 Å². The lowest BCUT2D eigenvalue weighted by molar-refractivity contribution is -0.123. The summed E-state index contributed by atoms with van der Waals surface area (Å²) >= 11 is 0. The van der Waals surface area contributed by atoms with Crippen molar-refractivity contribution in [3.05, 3.63) is 82.7 Å². The molecular formula is C21H19F3N4O. The lowest BCUT2D eigenvalue weighted by Crippen LogP contribution is -2.34. The molecule has 29 heavy (non-hydrogen) atoms. The monoisotopic (exact) mass is 400 g/mol. The highest BCUT2D eigenvalue weighted by Crippen LogP contribution is 2.28. The van der Waals surface area contributed by atoms with Gasteiger partial charge in [-0.15, -0.1) is 0 Å². The number of hydrogen-bond donors (Lipinski definition) is 3. The number of carbonyl (C=O) groups excluding carboxylic acids is 1. The molecule has 2 aliphatic heterocycles. The van der Waals surface area contributed by atoms with Gasteiger partial charge in [0.2, 0.25) is 5.91 Å². The molecule has 1 aromatic carbocycles. The van der Waals surface area contributed by atoms with Gasteiger partial charge in [0.25, 0.3) is 0 Å². The van der Waals surface area contributed by atoms with Crippen LogP contribution in [0, 0.1) is 0 Å². The second-order valence-electron chi connectivity index (χ2n) is 6.89. The first kappa shape index (κ1) is 19.2. The smallest absolute Gasteiger partial charge is 0.380 e. The Hall–Kier alpha value is -3.13. The Balaban J connectivity index is 1.42.